The number of aryl methyl sites for hydroxylation is 1. The number of halogens is 1. The Balaban J connectivity index is 1.69. The topological polar surface area (TPSA) is 102 Å². The first-order chi connectivity index (χ1) is 15.4. The van der Waals surface area contributed by atoms with Crippen molar-refractivity contribution in [3.8, 4) is 5.69 Å². The van der Waals surface area contributed by atoms with E-state index < -0.39 is 23.2 Å². The van der Waals surface area contributed by atoms with Crippen LogP contribution in [0.2, 0.25) is 5.02 Å². The molecule has 2 aromatic heterocycles. The fraction of sp³-hybridized carbons (Fsp3) is 0.478. The lowest BCUT2D eigenvalue weighted by atomic mass is 9.78. The Morgan fingerprint density at radius 3 is 2.58 bits per heavy atom. The monoisotopic (exact) mass is 473 g/mol. The molecule has 0 aliphatic carbocycles. The predicted molar refractivity (Wildman–Crippen MR) is 124 cm³/mol. The Morgan fingerprint density at radius 1 is 1.24 bits per heavy atom. The third-order valence-electron chi connectivity index (χ3n) is 6.08. The minimum Gasteiger partial charge on any atom is -0.480 e. The molecule has 1 aromatic carbocycles. The summed E-state index contributed by atoms with van der Waals surface area (Å²) in [4.78, 5) is 26.4. The van der Waals surface area contributed by atoms with Gasteiger partial charge in [-0.1, -0.05) is 11.6 Å². The average molecular weight is 474 g/mol. The average Bonchev–Trinajstić information content (AvgIpc) is 3.31. The van der Waals surface area contributed by atoms with Gasteiger partial charge in [-0.25, -0.2) is 14.3 Å². The molecule has 1 aliphatic rings. The van der Waals surface area contributed by atoms with Gasteiger partial charge in [0.1, 0.15) is 16.8 Å². The Morgan fingerprint density at radius 2 is 1.97 bits per heavy atom. The number of piperidine rings is 1. The molecule has 3 heterocycles. The fourth-order valence-corrected chi connectivity index (χ4v) is 4.73. The number of carboxylic acids is 1. The summed E-state index contributed by atoms with van der Waals surface area (Å²) >= 11 is 6.65. The number of rotatable bonds is 3. The van der Waals surface area contributed by atoms with Gasteiger partial charge in [0.15, 0.2) is 0 Å². The molecule has 0 saturated carbocycles. The molecule has 1 fully saturated rings. The Labute approximate surface area is 196 Å². The molecular formula is C23H28ClN5O4. The number of carbonyl (C=O) groups excluding carboxylic acids is 1. The van der Waals surface area contributed by atoms with Crippen LogP contribution in [0.15, 0.2) is 30.7 Å². The lowest BCUT2D eigenvalue weighted by molar-refractivity contribution is -0.152. The van der Waals surface area contributed by atoms with Gasteiger partial charge in [-0.05, 0) is 64.2 Å². The number of carbonyl (C=O) groups is 2. The van der Waals surface area contributed by atoms with E-state index in [0.29, 0.717) is 11.4 Å². The number of likely N-dealkylation sites (tertiary alicyclic amines) is 1. The zero-order valence-corrected chi connectivity index (χ0v) is 20.1. The maximum absolute atomic E-state index is 12.8. The molecule has 1 amide bonds. The van der Waals surface area contributed by atoms with Gasteiger partial charge in [-0.3, -0.25) is 9.58 Å². The van der Waals surface area contributed by atoms with E-state index in [2.05, 4.69) is 10.2 Å². The summed E-state index contributed by atoms with van der Waals surface area (Å²) in [5.74, 6) is -1.23. The number of nitrogens with zero attached hydrogens (tertiary/aromatic N) is 5. The quantitative estimate of drug-likeness (QED) is 0.606. The second kappa shape index (κ2) is 8.06. The van der Waals surface area contributed by atoms with Crippen LogP contribution in [0.25, 0.3) is 16.6 Å². The number of aliphatic carboxylic acids is 1. The molecule has 1 aliphatic heterocycles. The van der Waals surface area contributed by atoms with Crippen molar-refractivity contribution in [2.75, 3.05) is 6.54 Å². The largest absolute Gasteiger partial charge is 0.480 e. The first-order valence-corrected chi connectivity index (χ1v) is 11.2. The number of fused-ring (bicyclic) bond motifs is 1. The van der Waals surface area contributed by atoms with Crippen molar-refractivity contribution in [1.29, 1.82) is 0 Å². The molecule has 0 spiro atoms. The zero-order valence-electron chi connectivity index (χ0n) is 19.4. The fourth-order valence-electron chi connectivity index (χ4n) is 4.40. The highest BCUT2D eigenvalue weighted by Crippen LogP contribution is 2.42. The summed E-state index contributed by atoms with van der Waals surface area (Å²) in [7, 11) is 1.84. The van der Waals surface area contributed by atoms with Gasteiger partial charge < -0.3 is 9.84 Å². The zero-order chi connectivity index (χ0) is 24.1. The van der Waals surface area contributed by atoms with E-state index in [1.165, 1.54) is 4.90 Å². The van der Waals surface area contributed by atoms with Gasteiger partial charge in [0.05, 0.1) is 24.1 Å². The molecular weight excluding hydrogens is 446 g/mol. The number of carboxylic acid groups (broad SMARTS) is 1. The Bertz CT molecular complexity index is 1230. The molecule has 0 bridgehead atoms. The summed E-state index contributed by atoms with van der Waals surface area (Å²) in [6.45, 7) is 7.10. The molecule has 0 radical (unpaired) electrons. The summed E-state index contributed by atoms with van der Waals surface area (Å²) in [6.07, 6.45) is 5.48. The van der Waals surface area contributed by atoms with Crippen molar-refractivity contribution >= 4 is 34.6 Å². The number of benzene rings is 1. The summed E-state index contributed by atoms with van der Waals surface area (Å²) in [5.41, 5.74) is 0.371. The van der Waals surface area contributed by atoms with Crippen LogP contribution in [0.1, 0.15) is 52.0 Å². The van der Waals surface area contributed by atoms with Crippen LogP contribution in [-0.4, -0.2) is 59.3 Å². The Kier molecular flexibility index (Phi) is 5.64. The summed E-state index contributed by atoms with van der Waals surface area (Å²) < 4.78 is 8.96. The van der Waals surface area contributed by atoms with Gasteiger partial charge in [0.2, 0.25) is 0 Å². The molecule has 33 heavy (non-hydrogen) atoms. The van der Waals surface area contributed by atoms with Gasteiger partial charge >= 0.3 is 12.1 Å². The smallest absolute Gasteiger partial charge is 0.411 e. The number of hydrogen-bond acceptors (Lipinski definition) is 5. The lowest BCUT2D eigenvalue weighted by Gasteiger charge is -2.45. The van der Waals surface area contributed by atoms with E-state index in [-0.39, 0.29) is 18.9 Å². The number of amides is 1. The van der Waals surface area contributed by atoms with E-state index >= 15 is 0 Å². The predicted octanol–water partition coefficient (Wildman–Crippen LogP) is 4.37. The van der Waals surface area contributed by atoms with Gasteiger partial charge in [0.25, 0.3) is 0 Å². The van der Waals surface area contributed by atoms with Crippen LogP contribution in [0, 0.1) is 0 Å². The van der Waals surface area contributed by atoms with E-state index in [0.717, 1.165) is 22.2 Å². The second-order valence-corrected chi connectivity index (χ2v) is 10.2. The Hall–Kier alpha value is -3.07. The highest BCUT2D eigenvalue weighted by molar-refractivity contribution is 6.32. The summed E-state index contributed by atoms with van der Waals surface area (Å²) in [6, 6.07) is 3.82. The molecule has 10 heteroatoms. The van der Waals surface area contributed by atoms with Crippen LogP contribution in [0.3, 0.4) is 0 Å². The van der Waals surface area contributed by atoms with Crippen LogP contribution in [0.4, 0.5) is 4.79 Å². The number of aromatic nitrogens is 4. The first kappa shape index (κ1) is 23.1. The molecule has 176 valence electrons. The molecule has 1 N–H and O–H groups in total. The van der Waals surface area contributed by atoms with Crippen molar-refractivity contribution in [2.45, 2.75) is 57.6 Å². The van der Waals surface area contributed by atoms with Crippen LogP contribution < -0.4 is 0 Å². The van der Waals surface area contributed by atoms with E-state index in [9.17, 15) is 14.7 Å². The first-order valence-electron chi connectivity index (χ1n) is 10.8. The third kappa shape index (κ3) is 4.29. The maximum Gasteiger partial charge on any atom is 0.411 e. The number of ether oxygens (including phenoxy) is 1. The lowest BCUT2D eigenvalue weighted by Crippen LogP contribution is -2.59. The highest BCUT2D eigenvalue weighted by atomic mass is 35.5. The van der Waals surface area contributed by atoms with Crippen LogP contribution >= 0.6 is 11.6 Å². The molecule has 3 aromatic rings. The van der Waals surface area contributed by atoms with Crippen molar-refractivity contribution in [1.82, 2.24) is 24.5 Å². The SMILES string of the molecule is Cn1cc(-n2ncc3cc(Cl)c(C4CCN(C(=O)OC(C)(C)C)[C@](C)(C(=O)O)C4)cc32)cn1. The molecule has 9 nitrogen and oxygen atoms in total. The molecule has 1 saturated heterocycles. The van der Waals surface area contributed by atoms with Gasteiger partial charge in [0, 0.05) is 24.0 Å². The maximum atomic E-state index is 12.8. The van der Waals surface area contributed by atoms with Crippen LogP contribution in [-0.2, 0) is 16.6 Å². The van der Waals surface area contributed by atoms with Crippen LogP contribution in [0.5, 0.6) is 0 Å². The number of hydrogen-bond donors (Lipinski definition) is 1. The molecule has 2 atom stereocenters. The minimum atomic E-state index is -1.42. The second-order valence-electron chi connectivity index (χ2n) is 9.76. The molecule has 4 rings (SSSR count). The molecule has 1 unspecified atom stereocenters. The van der Waals surface area contributed by atoms with Crippen molar-refractivity contribution in [3.63, 3.8) is 0 Å². The highest BCUT2D eigenvalue weighted by Gasteiger charge is 2.49. The standard InChI is InChI=1S/C23H28ClN5O4/c1-22(2,3)33-21(32)28-7-6-14(10-23(28,4)20(30)31)17-9-19-15(8-18(17)24)11-26-29(19)16-12-25-27(5)13-16/h8-9,11-14H,6-7,10H2,1-5H3,(H,30,31)/t14?,23-/m0/s1. The van der Waals surface area contributed by atoms with Crippen molar-refractivity contribution in [3.05, 3.63) is 41.3 Å². The normalized spacial score (nSPS) is 21.4. The van der Waals surface area contributed by atoms with Crippen molar-refractivity contribution in [2.24, 2.45) is 7.05 Å². The van der Waals surface area contributed by atoms with Gasteiger partial charge in [-0.15, -0.1) is 0 Å². The third-order valence-corrected chi connectivity index (χ3v) is 6.40. The van der Waals surface area contributed by atoms with E-state index in [4.69, 9.17) is 16.3 Å². The van der Waals surface area contributed by atoms with E-state index in [1.807, 2.05) is 25.4 Å². The van der Waals surface area contributed by atoms with E-state index in [1.54, 1.807) is 49.5 Å². The summed E-state index contributed by atoms with van der Waals surface area (Å²) in [5, 5.41) is 20.2. The van der Waals surface area contributed by atoms with Crippen molar-refractivity contribution < 1.29 is 19.4 Å². The van der Waals surface area contributed by atoms with Gasteiger partial charge in [-0.2, -0.15) is 10.2 Å². The minimum absolute atomic E-state index is 0.154.